The maximum absolute atomic E-state index is 13.6. The van der Waals surface area contributed by atoms with E-state index in [9.17, 15) is 9.59 Å². The van der Waals surface area contributed by atoms with E-state index in [1.807, 2.05) is 29.6 Å². The van der Waals surface area contributed by atoms with Gasteiger partial charge in [0.25, 0.3) is 0 Å². The molecule has 32 heavy (non-hydrogen) atoms. The van der Waals surface area contributed by atoms with Crippen LogP contribution in [0.2, 0.25) is 0 Å². The van der Waals surface area contributed by atoms with Gasteiger partial charge < -0.3 is 10.1 Å². The molecule has 0 saturated heterocycles. The molecule has 1 aliphatic carbocycles. The van der Waals surface area contributed by atoms with E-state index in [1.165, 1.54) is 11.3 Å². The molecule has 6 nitrogen and oxygen atoms in total. The number of anilines is 1. The zero-order valence-corrected chi connectivity index (χ0v) is 18.9. The van der Waals surface area contributed by atoms with Gasteiger partial charge in [0, 0.05) is 29.0 Å². The molecule has 1 aromatic carbocycles. The van der Waals surface area contributed by atoms with Gasteiger partial charge in [-0.1, -0.05) is 18.9 Å². The van der Waals surface area contributed by atoms with Gasteiger partial charge in [-0.3, -0.25) is 19.5 Å². The molecular formula is C25H27N3O3S. The fourth-order valence-electron chi connectivity index (χ4n) is 4.14. The lowest BCUT2D eigenvalue weighted by Gasteiger charge is -2.32. The Kier molecular flexibility index (Phi) is 7.17. The number of amides is 2. The molecule has 3 aromatic rings. The highest BCUT2D eigenvalue weighted by Crippen LogP contribution is 2.31. The van der Waals surface area contributed by atoms with Gasteiger partial charge in [-0.15, -0.1) is 11.3 Å². The normalized spacial score (nSPS) is 14.7. The van der Waals surface area contributed by atoms with Crippen molar-refractivity contribution in [1.82, 2.24) is 10.3 Å². The Balaban J connectivity index is 1.73. The molecule has 1 atom stereocenters. The molecule has 1 aliphatic rings. The lowest BCUT2D eigenvalue weighted by Crippen LogP contribution is -2.46. The summed E-state index contributed by atoms with van der Waals surface area (Å²) in [5.74, 6) is 0.384. The number of rotatable bonds is 8. The third-order valence-electron chi connectivity index (χ3n) is 5.75. The first-order valence-corrected chi connectivity index (χ1v) is 11.7. The van der Waals surface area contributed by atoms with E-state index in [0.29, 0.717) is 11.4 Å². The topological polar surface area (TPSA) is 71.5 Å². The summed E-state index contributed by atoms with van der Waals surface area (Å²) in [5.41, 5.74) is 1.38. The predicted octanol–water partition coefficient (Wildman–Crippen LogP) is 4.53. The molecule has 2 amide bonds. The summed E-state index contributed by atoms with van der Waals surface area (Å²) in [7, 11) is 1.60. The molecule has 0 bridgehead atoms. The van der Waals surface area contributed by atoms with Crippen molar-refractivity contribution in [1.29, 1.82) is 0 Å². The summed E-state index contributed by atoms with van der Waals surface area (Å²) in [6.45, 7) is 0. The van der Waals surface area contributed by atoms with E-state index < -0.39 is 6.04 Å². The first kappa shape index (κ1) is 22.0. The Hall–Kier alpha value is -3.19. The highest BCUT2D eigenvalue weighted by molar-refractivity contribution is 7.10. The average molecular weight is 450 g/mol. The van der Waals surface area contributed by atoms with Gasteiger partial charge in [0.1, 0.15) is 11.8 Å². The van der Waals surface area contributed by atoms with E-state index in [2.05, 4.69) is 10.3 Å². The number of hydrogen-bond acceptors (Lipinski definition) is 5. The summed E-state index contributed by atoms with van der Waals surface area (Å²) >= 11 is 1.53. The SMILES string of the molecule is COc1ccc(N(C(=O)Cc2cccs2)[C@@H](C(=O)NC2CCCC2)c2ccncc2)cc1. The van der Waals surface area contributed by atoms with Crippen molar-refractivity contribution in [3.05, 3.63) is 76.7 Å². The molecule has 2 aromatic heterocycles. The van der Waals surface area contributed by atoms with Gasteiger partial charge in [-0.25, -0.2) is 0 Å². The molecule has 166 valence electrons. The zero-order valence-electron chi connectivity index (χ0n) is 18.1. The van der Waals surface area contributed by atoms with Crippen molar-refractivity contribution < 1.29 is 14.3 Å². The van der Waals surface area contributed by atoms with Crippen molar-refractivity contribution in [3.63, 3.8) is 0 Å². The number of methoxy groups -OCH3 is 1. The Bertz CT molecular complexity index is 1020. The quantitative estimate of drug-likeness (QED) is 0.549. The third-order valence-corrected chi connectivity index (χ3v) is 6.63. The number of aromatic nitrogens is 1. The largest absolute Gasteiger partial charge is 0.497 e. The highest BCUT2D eigenvalue weighted by atomic mass is 32.1. The average Bonchev–Trinajstić information content (AvgIpc) is 3.52. The van der Waals surface area contributed by atoms with Crippen LogP contribution in [0.25, 0.3) is 0 Å². The minimum absolute atomic E-state index is 0.138. The molecule has 1 fully saturated rings. The Morgan fingerprint density at radius 3 is 2.47 bits per heavy atom. The third kappa shape index (κ3) is 5.16. The molecule has 4 rings (SSSR count). The maximum atomic E-state index is 13.6. The van der Waals surface area contributed by atoms with Crippen LogP contribution in [0.1, 0.15) is 42.2 Å². The summed E-state index contributed by atoms with van der Waals surface area (Å²) in [6.07, 6.45) is 7.71. The van der Waals surface area contributed by atoms with Crippen LogP contribution in [0.5, 0.6) is 5.75 Å². The van der Waals surface area contributed by atoms with Gasteiger partial charge >= 0.3 is 0 Å². The fraction of sp³-hybridized carbons (Fsp3) is 0.320. The molecule has 0 aliphatic heterocycles. The molecule has 0 radical (unpaired) electrons. The number of nitrogens with one attached hydrogen (secondary N) is 1. The van der Waals surface area contributed by atoms with Gasteiger partial charge in [-0.05, 0) is 66.2 Å². The molecule has 7 heteroatoms. The van der Waals surface area contributed by atoms with E-state index in [0.717, 1.165) is 36.1 Å². The maximum Gasteiger partial charge on any atom is 0.248 e. The summed E-state index contributed by atoms with van der Waals surface area (Å²) < 4.78 is 5.29. The van der Waals surface area contributed by atoms with Crippen molar-refractivity contribution in [2.45, 2.75) is 44.2 Å². The minimum atomic E-state index is -0.792. The Morgan fingerprint density at radius 2 is 1.84 bits per heavy atom. The predicted molar refractivity (Wildman–Crippen MR) is 126 cm³/mol. The van der Waals surface area contributed by atoms with E-state index in [-0.39, 0.29) is 24.3 Å². The first-order chi connectivity index (χ1) is 15.7. The number of hydrogen-bond donors (Lipinski definition) is 1. The van der Waals surface area contributed by atoms with Crippen molar-refractivity contribution >= 4 is 28.8 Å². The van der Waals surface area contributed by atoms with Crippen molar-refractivity contribution in [3.8, 4) is 5.75 Å². The van der Waals surface area contributed by atoms with Crippen LogP contribution in [0.3, 0.4) is 0 Å². The van der Waals surface area contributed by atoms with E-state index in [1.54, 1.807) is 48.7 Å². The van der Waals surface area contributed by atoms with Crippen LogP contribution in [0, 0.1) is 0 Å². The van der Waals surface area contributed by atoms with Crippen LogP contribution < -0.4 is 15.0 Å². The fourth-order valence-corrected chi connectivity index (χ4v) is 4.84. The molecular weight excluding hydrogens is 422 g/mol. The van der Waals surface area contributed by atoms with Crippen LogP contribution in [-0.2, 0) is 16.0 Å². The van der Waals surface area contributed by atoms with Crippen LogP contribution in [0.4, 0.5) is 5.69 Å². The number of pyridine rings is 1. The number of carbonyl (C=O) groups is 2. The lowest BCUT2D eigenvalue weighted by atomic mass is 10.0. The summed E-state index contributed by atoms with van der Waals surface area (Å²) in [6, 6.07) is 14.1. The summed E-state index contributed by atoms with van der Waals surface area (Å²) in [5, 5.41) is 5.14. The van der Waals surface area contributed by atoms with E-state index >= 15 is 0 Å². The molecule has 1 N–H and O–H groups in total. The van der Waals surface area contributed by atoms with Crippen LogP contribution in [-0.4, -0.2) is 29.9 Å². The van der Waals surface area contributed by atoms with E-state index in [4.69, 9.17) is 4.74 Å². The zero-order chi connectivity index (χ0) is 22.3. The van der Waals surface area contributed by atoms with Crippen molar-refractivity contribution in [2.24, 2.45) is 0 Å². The Labute approximate surface area is 192 Å². The second kappa shape index (κ2) is 10.4. The highest BCUT2D eigenvalue weighted by Gasteiger charge is 2.34. The van der Waals surface area contributed by atoms with Gasteiger partial charge in [0.05, 0.1) is 13.5 Å². The first-order valence-electron chi connectivity index (χ1n) is 10.8. The van der Waals surface area contributed by atoms with Crippen molar-refractivity contribution in [2.75, 3.05) is 12.0 Å². The summed E-state index contributed by atoms with van der Waals surface area (Å²) in [4.78, 5) is 33.9. The number of thiophene rings is 1. The smallest absolute Gasteiger partial charge is 0.248 e. The number of nitrogens with zero attached hydrogens (tertiary/aromatic N) is 2. The minimum Gasteiger partial charge on any atom is -0.497 e. The number of benzene rings is 1. The Morgan fingerprint density at radius 1 is 1.12 bits per heavy atom. The number of ether oxygens (including phenoxy) is 1. The molecule has 0 unspecified atom stereocenters. The number of carbonyl (C=O) groups excluding carboxylic acids is 2. The van der Waals surface area contributed by atoms with Crippen LogP contribution in [0.15, 0.2) is 66.3 Å². The van der Waals surface area contributed by atoms with Crippen LogP contribution >= 0.6 is 11.3 Å². The standard InChI is InChI=1S/C25H27N3O3S/c1-31-21-10-8-20(9-11-21)28(23(29)17-22-7-4-16-32-22)24(18-12-14-26-15-13-18)25(30)27-19-5-2-3-6-19/h4,7-16,19,24H,2-3,5-6,17H2,1H3,(H,27,30)/t24-/m1/s1. The molecule has 1 saturated carbocycles. The second-order valence-corrected chi connectivity index (χ2v) is 8.92. The van der Waals surface area contributed by atoms with Gasteiger partial charge in [0.2, 0.25) is 11.8 Å². The monoisotopic (exact) mass is 449 g/mol. The molecule has 2 heterocycles. The molecule has 0 spiro atoms. The lowest BCUT2D eigenvalue weighted by molar-refractivity contribution is -0.127. The van der Waals surface area contributed by atoms with Gasteiger partial charge in [-0.2, -0.15) is 0 Å². The van der Waals surface area contributed by atoms with Gasteiger partial charge in [0.15, 0.2) is 0 Å². The second-order valence-electron chi connectivity index (χ2n) is 7.89.